The minimum Gasteiger partial charge on any atom is -0.350 e. The summed E-state index contributed by atoms with van der Waals surface area (Å²) in [5.41, 5.74) is 7.22. The Morgan fingerprint density at radius 3 is 2.16 bits per heavy atom. The first-order valence-corrected chi connectivity index (χ1v) is 10.9. The molecule has 0 saturated heterocycles. The predicted molar refractivity (Wildman–Crippen MR) is 129 cm³/mol. The van der Waals surface area contributed by atoms with Crippen LogP contribution in [0.15, 0.2) is 66.4 Å². The van der Waals surface area contributed by atoms with Crippen LogP contribution in [-0.4, -0.2) is 16.7 Å². The number of halogens is 1. The van der Waals surface area contributed by atoms with Crippen molar-refractivity contribution < 1.29 is 9.59 Å². The molecule has 1 heterocycles. The molecule has 4 rings (SSSR count). The van der Waals surface area contributed by atoms with Crippen LogP contribution < -0.4 is 5.32 Å². The highest BCUT2D eigenvalue weighted by Gasteiger charge is 2.39. The first-order chi connectivity index (χ1) is 15.2. The van der Waals surface area contributed by atoms with Crippen LogP contribution in [0.1, 0.15) is 33.4 Å². The van der Waals surface area contributed by atoms with Gasteiger partial charge in [-0.2, -0.15) is 0 Å². The number of carbonyl (C=O) groups is 2. The van der Waals surface area contributed by atoms with E-state index in [2.05, 4.69) is 5.32 Å². The summed E-state index contributed by atoms with van der Waals surface area (Å²) in [4.78, 5) is 28.3. The maximum absolute atomic E-state index is 13.5. The molecule has 0 saturated carbocycles. The molecule has 4 nitrogen and oxygen atoms in total. The third-order valence-corrected chi connectivity index (χ3v) is 6.12. The summed E-state index contributed by atoms with van der Waals surface area (Å²) in [5, 5.41) is 3.78. The maximum Gasteiger partial charge on any atom is 0.278 e. The molecule has 0 spiro atoms. The molecule has 162 valence electrons. The van der Waals surface area contributed by atoms with Gasteiger partial charge in [-0.1, -0.05) is 65.7 Å². The second kappa shape index (κ2) is 8.64. The SMILES string of the molecule is Cc1ccc(CN2C(=O)C(Nc3cc(Cl)ccc3C)=C(c3ccc(C)c(C)c3)C2=O)cc1. The maximum atomic E-state index is 13.5. The Kier molecular flexibility index (Phi) is 5.90. The molecular formula is C27H25ClN2O2. The second-order valence-corrected chi connectivity index (χ2v) is 8.75. The van der Waals surface area contributed by atoms with Gasteiger partial charge in [0.2, 0.25) is 0 Å². The smallest absolute Gasteiger partial charge is 0.278 e. The van der Waals surface area contributed by atoms with Crippen LogP contribution in [0, 0.1) is 27.7 Å². The summed E-state index contributed by atoms with van der Waals surface area (Å²) in [5.74, 6) is -0.649. The van der Waals surface area contributed by atoms with Crippen LogP contribution in [0.25, 0.3) is 5.57 Å². The average molecular weight is 445 g/mol. The van der Waals surface area contributed by atoms with Crippen molar-refractivity contribution in [2.45, 2.75) is 34.2 Å². The van der Waals surface area contributed by atoms with Gasteiger partial charge in [0.15, 0.2) is 0 Å². The lowest BCUT2D eigenvalue weighted by Gasteiger charge is -2.16. The van der Waals surface area contributed by atoms with E-state index in [1.807, 2.05) is 76.2 Å². The van der Waals surface area contributed by atoms with Gasteiger partial charge >= 0.3 is 0 Å². The monoisotopic (exact) mass is 444 g/mol. The van der Waals surface area contributed by atoms with E-state index < -0.39 is 0 Å². The number of hydrogen-bond acceptors (Lipinski definition) is 3. The Morgan fingerprint density at radius 2 is 1.47 bits per heavy atom. The molecule has 0 radical (unpaired) electrons. The van der Waals surface area contributed by atoms with Gasteiger partial charge in [0, 0.05) is 10.7 Å². The van der Waals surface area contributed by atoms with E-state index in [1.165, 1.54) is 4.90 Å². The Labute approximate surface area is 193 Å². The van der Waals surface area contributed by atoms with E-state index in [9.17, 15) is 9.59 Å². The van der Waals surface area contributed by atoms with Crippen LogP contribution in [0.5, 0.6) is 0 Å². The molecule has 1 N–H and O–H groups in total. The fourth-order valence-corrected chi connectivity index (χ4v) is 3.91. The largest absolute Gasteiger partial charge is 0.350 e. The molecular weight excluding hydrogens is 420 g/mol. The third kappa shape index (κ3) is 4.19. The summed E-state index contributed by atoms with van der Waals surface area (Å²) in [6, 6.07) is 19.1. The van der Waals surface area contributed by atoms with Crippen molar-refractivity contribution in [3.8, 4) is 0 Å². The average Bonchev–Trinajstić information content (AvgIpc) is 2.98. The summed E-state index contributed by atoms with van der Waals surface area (Å²) in [6.45, 7) is 8.17. The second-order valence-electron chi connectivity index (χ2n) is 8.32. The van der Waals surface area contributed by atoms with Crippen molar-refractivity contribution in [3.05, 3.63) is 105 Å². The first-order valence-electron chi connectivity index (χ1n) is 10.5. The van der Waals surface area contributed by atoms with Gasteiger partial charge in [0.25, 0.3) is 11.8 Å². The quantitative estimate of drug-likeness (QED) is 0.493. The molecule has 2 amide bonds. The van der Waals surface area contributed by atoms with Crippen molar-refractivity contribution in [1.82, 2.24) is 4.90 Å². The fourth-order valence-electron chi connectivity index (χ4n) is 3.74. The minimum atomic E-state index is -0.344. The van der Waals surface area contributed by atoms with Crippen LogP contribution >= 0.6 is 11.6 Å². The van der Waals surface area contributed by atoms with Crippen molar-refractivity contribution >= 4 is 34.7 Å². The van der Waals surface area contributed by atoms with E-state index in [4.69, 9.17) is 11.6 Å². The van der Waals surface area contributed by atoms with Crippen LogP contribution in [0.4, 0.5) is 5.69 Å². The number of rotatable bonds is 5. The first kappa shape index (κ1) is 21.8. The van der Waals surface area contributed by atoms with Crippen molar-refractivity contribution in [1.29, 1.82) is 0 Å². The lowest BCUT2D eigenvalue weighted by atomic mass is 9.99. The normalized spacial score (nSPS) is 13.8. The topological polar surface area (TPSA) is 49.4 Å². The molecule has 0 atom stereocenters. The van der Waals surface area contributed by atoms with Crippen LogP contribution in [0.3, 0.4) is 0 Å². The molecule has 3 aromatic carbocycles. The summed E-state index contributed by atoms with van der Waals surface area (Å²) in [6.07, 6.45) is 0. The van der Waals surface area contributed by atoms with Gasteiger partial charge in [-0.15, -0.1) is 0 Å². The molecule has 3 aromatic rings. The molecule has 32 heavy (non-hydrogen) atoms. The third-order valence-electron chi connectivity index (χ3n) is 5.88. The highest BCUT2D eigenvalue weighted by atomic mass is 35.5. The highest BCUT2D eigenvalue weighted by Crippen LogP contribution is 2.33. The molecule has 0 fully saturated rings. The number of nitrogens with zero attached hydrogens (tertiary/aromatic N) is 1. The van der Waals surface area contributed by atoms with Crippen molar-refractivity contribution in [3.63, 3.8) is 0 Å². The molecule has 0 aliphatic carbocycles. The number of carbonyl (C=O) groups excluding carboxylic acids is 2. The van der Waals surface area contributed by atoms with Crippen LogP contribution in [-0.2, 0) is 16.1 Å². The van der Waals surface area contributed by atoms with E-state index in [1.54, 1.807) is 12.1 Å². The number of amides is 2. The standard InChI is InChI=1S/C27H25ClN2O2/c1-16-5-9-20(10-6-16)15-30-26(31)24(21-11-7-17(2)19(4)13-21)25(27(30)32)29-23-14-22(28)12-8-18(23)3/h5-14,29H,15H2,1-4H3. The van der Waals surface area contributed by atoms with Crippen molar-refractivity contribution in [2.75, 3.05) is 5.32 Å². The Morgan fingerprint density at radius 1 is 0.781 bits per heavy atom. The van der Waals surface area contributed by atoms with E-state index in [0.29, 0.717) is 16.3 Å². The highest BCUT2D eigenvalue weighted by molar-refractivity contribution is 6.36. The Bertz CT molecular complexity index is 1260. The van der Waals surface area contributed by atoms with Crippen molar-refractivity contribution in [2.24, 2.45) is 0 Å². The van der Waals surface area contributed by atoms with Gasteiger partial charge < -0.3 is 5.32 Å². The summed E-state index contributed by atoms with van der Waals surface area (Å²) in [7, 11) is 0. The number of anilines is 1. The molecule has 5 heteroatoms. The number of imide groups is 1. The Hall–Kier alpha value is -3.37. The molecule has 0 bridgehead atoms. The lowest BCUT2D eigenvalue weighted by molar-refractivity contribution is -0.137. The fraction of sp³-hybridized carbons (Fsp3) is 0.185. The predicted octanol–water partition coefficient (Wildman–Crippen LogP) is 5.97. The lowest BCUT2D eigenvalue weighted by Crippen LogP contribution is -2.32. The summed E-state index contributed by atoms with van der Waals surface area (Å²) < 4.78 is 0. The number of hydrogen-bond donors (Lipinski definition) is 1. The van der Waals surface area contributed by atoms with Gasteiger partial charge in [-0.05, 0) is 67.6 Å². The van der Waals surface area contributed by atoms with Gasteiger partial charge in [-0.25, -0.2) is 0 Å². The molecule has 1 aliphatic heterocycles. The zero-order chi connectivity index (χ0) is 23.0. The Balaban J connectivity index is 1.78. The van der Waals surface area contributed by atoms with E-state index in [-0.39, 0.29) is 24.1 Å². The number of aryl methyl sites for hydroxylation is 4. The van der Waals surface area contributed by atoms with E-state index in [0.717, 1.165) is 33.4 Å². The van der Waals surface area contributed by atoms with Gasteiger partial charge in [0.05, 0.1) is 12.1 Å². The molecule has 0 unspecified atom stereocenters. The van der Waals surface area contributed by atoms with Gasteiger partial charge in [0.1, 0.15) is 5.70 Å². The summed E-state index contributed by atoms with van der Waals surface area (Å²) >= 11 is 6.19. The zero-order valence-electron chi connectivity index (χ0n) is 18.6. The van der Waals surface area contributed by atoms with Gasteiger partial charge in [-0.3, -0.25) is 14.5 Å². The van der Waals surface area contributed by atoms with Crippen LogP contribution in [0.2, 0.25) is 5.02 Å². The minimum absolute atomic E-state index is 0.214. The molecule has 1 aliphatic rings. The zero-order valence-corrected chi connectivity index (χ0v) is 19.4. The molecule has 0 aromatic heterocycles. The van der Waals surface area contributed by atoms with E-state index >= 15 is 0 Å². The number of nitrogens with one attached hydrogen (secondary N) is 1. The number of benzene rings is 3.